The highest BCUT2D eigenvalue weighted by atomic mass is 16.5. The Morgan fingerprint density at radius 2 is 2.47 bits per heavy atom. The highest BCUT2D eigenvalue weighted by molar-refractivity contribution is 5.89. The molecule has 0 spiro atoms. The number of hydrogen-bond acceptors (Lipinski definition) is 4. The minimum absolute atomic E-state index is 0.117. The van der Waals surface area contributed by atoms with Gasteiger partial charge in [0.15, 0.2) is 0 Å². The monoisotopic (exact) mass is 265 g/mol. The molecule has 2 rings (SSSR count). The van der Waals surface area contributed by atoms with Crippen molar-refractivity contribution in [1.29, 1.82) is 0 Å². The summed E-state index contributed by atoms with van der Waals surface area (Å²) in [7, 11) is 1.55. The number of methoxy groups -OCH3 is 1. The molecule has 1 aromatic rings. The maximum Gasteiger partial charge on any atom is 0.322 e. The van der Waals surface area contributed by atoms with Gasteiger partial charge in [-0.1, -0.05) is 6.92 Å². The van der Waals surface area contributed by atoms with Crippen LogP contribution in [0.1, 0.15) is 13.3 Å². The molecular weight excluding hydrogens is 246 g/mol. The lowest BCUT2D eigenvalue weighted by molar-refractivity contribution is -0.0134. The van der Waals surface area contributed by atoms with Gasteiger partial charge in [0.1, 0.15) is 0 Å². The Balaban J connectivity index is 1.92. The smallest absolute Gasteiger partial charge is 0.322 e. The zero-order valence-electron chi connectivity index (χ0n) is 11.3. The summed E-state index contributed by atoms with van der Waals surface area (Å²) in [5.74, 6) is 0.524. The number of hydrogen-bond donors (Lipinski definition) is 1. The van der Waals surface area contributed by atoms with Crippen LogP contribution in [0.2, 0.25) is 0 Å². The van der Waals surface area contributed by atoms with Gasteiger partial charge >= 0.3 is 6.03 Å². The number of ether oxygens (including phenoxy) is 2. The molecule has 1 aliphatic heterocycles. The fraction of sp³-hybridized carbons (Fsp3) is 0.538. The lowest BCUT2D eigenvalue weighted by Crippen LogP contribution is -2.47. The molecule has 0 aromatic carbocycles. The first-order valence-corrected chi connectivity index (χ1v) is 6.40. The number of carbonyl (C=O) groups is 1. The quantitative estimate of drug-likeness (QED) is 0.904. The van der Waals surface area contributed by atoms with Gasteiger partial charge in [0.2, 0.25) is 5.88 Å². The predicted octanol–water partition coefficient (Wildman–Crippen LogP) is 1.73. The minimum Gasteiger partial charge on any atom is -0.481 e. The standard InChI is InChI=1S/C13H19N3O3/c1-3-11-9-16(6-7-19-11)13(17)15-10-4-5-12(18-2)14-8-10/h4-5,8,11H,3,6-7,9H2,1-2H3,(H,15,17)/t11-/m0/s1. The molecule has 1 saturated heterocycles. The first-order valence-electron chi connectivity index (χ1n) is 6.40. The van der Waals surface area contributed by atoms with Crippen molar-refractivity contribution in [3.63, 3.8) is 0 Å². The minimum atomic E-state index is -0.117. The van der Waals surface area contributed by atoms with E-state index in [-0.39, 0.29) is 12.1 Å². The maximum atomic E-state index is 12.1. The topological polar surface area (TPSA) is 63.7 Å². The van der Waals surface area contributed by atoms with Gasteiger partial charge < -0.3 is 19.7 Å². The lowest BCUT2D eigenvalue weighted by atomic mass is 10.2. The zero-order chi connectivity index (χ0) is 13.7. The molecule has 6 heteroatoms. The first-order chi connectivity index (χ1) is 9.22. The summed E-state index contributed by atoms with van der Waals surface area (Å²) in [6, 6.07) is 3.36. The van der Waals surface area contributed by atoms with Crippen molar-refractivity contribution < 1.29 is 14.3 Å². The van der Waals surface area contributed by atoms with Crippen LogP contribution < -0.4 is 10.1 Å². The van der Waals surface area contributed by atoms with Crippen LogP contribution in [0, 0.1) is 0 Å². The Bertz CT molecular complexity index is 422. The number of aromatic nitrogens is 1. The molecule has 1 aliphatic rings. The maximum absolute atomic E-state index is 12.1. The van der Waals surface area contributed by atoms with E-state index in [1.54, 1.807) is 30.3 Å². The van der Waals surface area contributed by atoms with Crippen molar-refractivity contribution in [2.45, 2.75) is 19.4 Å². The number of amides is 2. The second-order valence-corrected chi connectivity index (χ2v) is 4.37. The Hall–Kier alpha value is -1.82. The van der Waals surface area contributed by atoms with Crippen LogP contribution in [-0.4, -0.2) is 48.8 Å². The summed E-state index contributed by atoms with van der Waals surface area (Å²) in [5.41, 5.74) is 0.658. The molecule has 2 heterocycles. The van der Waals surface area contributed by atoms with E-state index in [2.05, 4.69) is 17.2 Å². The normalized spacial score (nSPS) is 19.1. The second-order valence-electron chi connectivity index (χ2n) is 4.37. The molecule has 1 fully saturated rings. The van der Waals surface area contributed by atoms with Crippen molar-refractivity contribution in [1.82, 2.24) is 9.88 Å². The van der Waals surface area contributed by atoms with E-state index in [0.29, 0.717) is 31.3 Å². The molecule has 19 heavy (non-hydrogen) atoms. The summed E-state index contributed by atoms with van der Waals surface area (Å²) in [6.45, 7) is 3.89. The molecule has 1 aromatic heterocycles. The summed E-state index contributed by atoms with van der Waals surface area (Å²) in [5, 5.41) is 2.82. The number of anilines is 1. The van der Waals surface area contributed by atoms with Crippen molar-refractivity contribution >= 4 is 11.7 Å². The molecule has 0 bridgehead atoms. The number of urea groups is 1. The second kappa shape index (κ2) is 6.38. The Labute approximate surface area is 112 Å². The fourth-order valence-electron chi connectivity index (χ4n) is 1.93. The van der Waals surface area contributed by atoms with E-state index in [1.807, 2.05) is 0 Å². The van der Waals surface area contributed by atoms with Gasteiger partial charge in [0.05, 0.1) is 31.7 Å². The first kappa shape index (κ1) is 13.6. The molecular formula is C13H19N3O3. The average Bonchev–Trinajstić information content (AvgIpc) is 2.48. The number of nitrogens with zero attached hydrogens (tertiary/aromatic N) is 2. The van der Waals surface area contributed by atoms with Gasteiger partial charge in [-0.05, 0) is 12.5 Å². The van der Waals surface area contributed by atoms with Crippen LogP contribution in [0.4, 0.5) is 10.5 Å². The number of pyridine rings is 1. The Morgan fingerprint density at radius 3 is 3.11 bits per heavy atom. The van der Waals surface area contributed by atoms with E-state index >= 15 is 0 Å². The molecule has 6 nitrogen and oxygen atoms in total. The van der Waals surface area contributed by atoms with Crippen LogP contribution in [0.5, 0.6) is 5.88 Å². The summed E-state index contributed by atoms with van der Waals surface area (Å²) < 4.78 is 10.5. The summed E-state index contributed by atoms with van der Waals surface area (Å²) in [6.07, 6.45) is 2.62. The molecule has 1 atom stereocenters. The largest absolute Gasteiger partial charge is 0.481 e. The van der Waals surface area contributed by atoms with Gasteiger partial charge in [-0.15, -0.1) is 0 Å². The third kappa shape index (κ3) is 3.57. The third-order valence-corrected chi connectivity index (χ3v) is 3.08. The van der Waals surface area contributed by atoms with Crippen LogP contribution in [0.15, 0.2) is 18.3 Å². The lowest BCUT2D eigenvalue weighted by Gasteiger charge is -2.32. The van der Waals surface area contributed by atoms with E-state index in [4.69, 9.17) is 9.47 Å². The summed E-state index contributed by atoms with van der Waals surface area (Å²) >= 11 is 0. The number of nitrogens with one attached hydrogen (secondary N) is 1. The third-order valence-electron chi connectivity index (χ3n) is 3.08. The van der Waals surface area contributed by atoms with E-state index in [9.17, 15) is 4.79 Å². The van der Waals surface area contributed by atoms with Crippen molar-refractivity contribution in [3.05, 3.63) is 18.3 Å². The van der Waals surface area contributed by atoms with Gasteiger partial charge in [-0.2, -0.15) is 0 Å². The van der Waals surface area contributed by atoms with Crippen molar-refractivity contribution in [3.8, 4) is 5.88 Å². The number of rotatable bonds is 3. The molecule has 0 radical (unpaired) electrons. The van der Waals surface area contributed by atoms with Crippen LogP contribution >= 0.6 is 0 Å². The zero-order valence-corrected chi connectivity index (χ0v) is 11.3. The molecule has 1 N–H and O–H groups in total. The molecule has 0 saturated carbocycles. The highest BCUT2D eigenvalue weighted by Gasteiger charge is 2.22. The molecule has 0 aliphatic carbocycles. The van der Waals surface area contributed by atoms with Crippen LogP contribution in [-0.2, 0) is 4.74 Å². The Morgan fingerprint density at radius 1 is 1.63 bits per heavy atom. The van der Waals surface area contributed by atoms with Crippen LogP contribution in [0.25, 0.3) is 0 Å². The van der Waals surface area contributed by atoms with E-state index < -0.39 is 0 Å². The highest BCUT2D eigenvalue weighted by Crippen LogP contribution is 2.13. The van der Waals surface area contributed by atoms with Crippen molar-refractivity contribution in [2.75, 3.05) is 32.1 Å². The van der Waals surface area contributed by atoms with Crippen molar-refractivity contribution in [2.24, 2.45) is 0 Å². The number of carbonyl (C=O) groups excluding carboxylic acids is 1. The van der Waals surface area contributed by atoms with Gasteiger partial charge in [0, 0.05) is 19.2 Å². The molecule has 104 valence electrons. The number of morpholine rings is 1. The average molecular weight is 265 g/mol. The van der Waals surface area contributed by atoms with E-state index in [0.717, 1.165) is 6.42 Å². The Kier molecular flexibility index (Phi) is 4.57. The van der Waals surface area contributed by atoms with Crippen LogP contribution in [0.3, 0.4) is 0 Å². The predicted molar refractivity (Wildman–Crippen MR) is 71.4 cm³/mol. The molecule has 0 unspecified atom stereocenters. The summed E-state index contributed by atoms with van der Waals surface area (Å²) in [4.78, 5) is 17.9. The fourth-order valence-corrected chi connectivity index (χ4v) is 1.93. The van der Waals surface area contributed by atoms with Gasteiger partial charge in [0.25, 0.3) is 0 Å². The van der Waals surface area contributed by atoms with E-state index in [1.165, 1.54) is 0 Å². The van der Waals surface area contributed by atoms with Gasteiger partial charge in [-0.3, -0.25) is 0 Å². The SMILES string of the molecule is CC[C@H]1CN(C(=O)Nc2ccc(OC)nc2)CCO1. The molecule has 2 amide bonds. The van der Waals surface area contributed by atoms with Gasteiger partial charge in [-0.25, -0.2) is 9.78 Å².